The molecule has 0 aliphatic rings. The summed E-state index contributed by atoms with van der Waals surface area (Å²) < 4.78 is 57.0. The Labute approximate surface area is 183 Å². The lowest BCUT2D eigenvalue weighted by atomic mass is 10.2. The molecule has 12 heteroatoms. The minimum atomic E-state index is -4.75. The summed E-state index contributed by atoms with van der Waals surface area (Å²) in [7, 11) is 2.76. The molecule has 8 nitrogen and oxygen atoms in total. The number of ether oxygens (including phenoxy) is 2. The summed E-state index contributed by atoms with van der Waals surface area (Å²) in [6, 6.07) is 6.63. The van der Waals surface area contributed by atoms with Gasteiger partial charge in [0.15, 0.2) is 17.1 Å². The zero-order chi connectivity index (χ0) is 23.0. The molecule has 166 valence electrons. The van der Waals surface area contributed by atoms with Crippen molar-refractivity contribution >= 4 is 28.8 Å². The number of alkyl halides is 3. The molecule has 1 aromatic carbocycles. The van der Waals surface area contributed by atoms with Crippen LogP contribution >= 0.6 is 11.6 Å². The number of halogens is 4. The van der Waals surface area contributed by atoms with E-state index in [9.17, 15) is 18.0 Å². The Balaban J connectivity index is 1.82. The fourth-order valence-corrected chi connectivity index (χ4v) is 3.25. The van der Waals surface area contributed by atoms with Gasteiger partial charge in [0, 0.05) is 12.1 Å². The van der Waals surface area contributed by atoms with Crippen molar-refractivity contribution in [2.75, 3.05) is 19.5 Å². The van der Waals surface area contributed by atoms with Crippen molar-refractivity contribution in [2.45, 2.75) is 6.18 Å². The van der Waals surface area contributed by atoms with Gasteiger partial charge >= 0.3 is 6.18 Å². The molecule has 0 saturated carbocycles. The predicted molar refractivity (Wildman–Crippen MR) is 108 cm³/mol. The summed E-state index contributed by atoms with van der Waals surface area (Å²) >= 11 is 6.06. The van der Waals surface area contributed by atoms with Crippen LogP contribution in [-0.4, -0.2) is 34.7 Å². The molecule has 0 radical (unpaired) electrons. The molecule has 0 spiro atoms. The first-order chi connectivity index (χ1) is 15.2. The SMILES string of the molecule is COc1cc(NC(=O)c2cnn3c(C(F)(F)F)cc(-c4ccco4)nc23)c(OC)cc1Cl. The first-order valence-electron chi connectivity index (χ1n) is 8.95. The van der Waals surface area contributed by atoms with E-state index in [4.69, 9.17) is 25.5 Å². The van der Waals surface area contributed by atoms with Gasteiger partial charge in [-0.3, -0.25) is 4.79 Å². The highest BCUT2D eigenvalue weighted by atomic mass is 35.5. The molecule has 0 fully saturated rings. The van der Waals surface area contributed by atoms with Crippen molar-refractivity contribution in [3.63, 3.8) is 0 Å². The molecule has 0 unspecified atom stereocenters. The predicted octanol–water partition coefficient (Wildman–Crippen LogP) is 4.93. The smallest absolute Gasteiger partial charge is 0.433 e. The number of carbonyl (C=O) groups excluding carboxylic acids is 1. The maximum Gasteiger partial charge on any atom is 0.433 e. The van der Waals surface area contributed by atoms with Gasteiger partial charge in [0.1, 0.15) is 22.8 Å². The lowest BCUT2D eigenvalue weighted by Gasteiger charge is -2.13. The number of carbonyl (C=O) groups is 1. The van der Waals surface area contributed by atoms with Crippen LogP contribution in [0.15, 0.2) is 47.2 Å². The van der Waals surface area contributed by atoms with E-state index < -0.39 is 17.8 Å². The molecule has 0 aliphatic heterocycles. The van der Waals surface area contributed by atoms with E-state index >= 15 is 0 Å². The molecule has 0 saturated heterocycles. The number of hydrogen-bond donors (Lipinski definition) is 1. The van der Waals surface area contributed by atoms with E-state index in [1.54, 1.807) is 0 Å². The van der Waals surface area contributed by atoms with Gasteiger partial charge in [-0.25, -0.2) is 9.50 Å². The first-order valence-corrected chi connectivity index (χ1v) is 9.33. The van der Waals surface area contributed by atoms with Gasteiger partial charge in [-0.1, -0.05) is 11.6 Å². The number of benzene rings is 1. The third kappa shape index (κ3) is 3.82. The van der Waals surface area contributed by atoms with E-state index in [2.05, 4.69) is 15.4 Å². The summed E-state index contributed by atoms with van der Waals surface area (Å²) in [5.41, 5.74) is -1.52. The Kier molecular flexibility index (Phi) is 5.43. The van der Waals surface area contributed by atoms with E-state index in [1.807, 2.05) is 0 Å². The van der Waals surface area contributed by atoms with Crippen molar-refractivity contribution in [3.8, 4) is 23.0 Å². The molecule has 0 atom stereocenters. The topological polar surface area (TPSA) is 90.9 Å². The minimum Gasteiger partial charge on any atom is -0.495 e. The lowest BCUT2D eigenvalue weighted by Crippen LogP contribution is -2.16. The molecule has 4 rings (SSSR count). The van der Waals surface area contributed by atoms with Crippen molar-refractivity contribution in [2.24, 2.45) is 0 Å². The number of aromatic nitrogens is 3. The van der Waals surface area contributed by atoms with E-state index in [1.165, 1.54) is 44.7 Å². The average Bonchev–Trinajstić information content (AvgIpc) is 3.43. The minimum absolute atomic E-state index is 0.102. The molecule has 1 amide bonds. The number of anilines is 1. The van der Waals surface area contributed by atoms with E-state index in [0.717, 1.165) is 12.3 Å². The highest BCUT2D eigenvalue weighted by Crippen LogP contribution is 2.37. The van der Waals surface area contributed by atoms with Crippen LogP contribution in [0.5, 0.6) is 11.5 Å². The van der Waals surface area contributed by atoms with Crippen LogP contribution in [0.3, 0.4) is 0 Å². The van der Waals surface area contributed by atoms with Crippen molar-refractivity contribution in [1.29, 1.82) is 0 Å². The normalized spacial score (nSPS) is 11.6. The van der Waals surface area contributed by atoms with E-state index in [-0.39, 0.29) is 44.9 Å². The van der Waals surface area contributed by atoms with Gasteiger partial charge in [-0.05, 0) is 18.2 Å². The fourth-order valence-electron chi connectivity index (χ4n) is 3.02. The number of hydrogen-bond acceptors (Lipinski definition) is 6. The summed E-state index contributed by atoms with van der Waals surface area (Å²) in [6.45, 7) is 0. The van der Waals surface area contributed by atoms with Gasteiger partial charge in [0.05, 0.1) is 37.4 Å². The second-order valence-corrected chi connectivity index (χ2v) is 6.84. The number of nitrogens with one attached hydrogen (secondary N) is 1. The fraction of sp³-hybridized carbons (Fsp3) is 0.150. The lowest BCUT2D eigenvalue weighted by molar-refractivity contribution is -0.142. The first kappa shape index (κ1) is 21.5. The zero-order valence-corrected chi connectivity index (χ0v) is 17.3. The number of rotatable bonds is 5. The molecule has 0 aliphatic carbocycles. The Morgan fingerprint density at radius 2 is 1.94 bits per heavy atom. The Hall–Kier alpha value is -3.73. The van der Waals surface area contributed by atoms with Crippen LogP contribution in [-0.2, 0) is 6.18 Å². The summed E-state index contributed by atoms with van der Waals surface area (Å²) in [6.07, 6.45) is -2.45. The molecular weight excluding hydrogens is 453 g/mol. The van der Waals surface area contributed by atoms with Crippen molar-refractivity contribution in [1.82, 2.24) is 14.6 Å². The second kappa shape index (κ2) is 8.08. The van der Waals surface area contributed by atoms with Crippen LogP contribution in [0.1, 0.15) is 16.1 Å². The maximum absolute atomic E-state index is 13.7. The van der Waals surface area contributed by atoms with Gasteiger partial charge in [-0.15, -0.1) is 0 Å². The summed E-state index contributed by atoms with van der Waals surface area (Å²) in [5, 5.41) is 6.54. The third-order valence-corrected chi connectivity index (χ3v) is 4.80. The number of nitrogens with zero attached hydrogens (tertiary/aromatic N) is 3. The maximum atomic E-state index is 13.7. The molecule has 4 aromatic rings. The van der Waals surface area contributed by atoms with Crippen LogP contribution in [0.4, 0.5) is 18.9 Å². The molecule has 3 heterocycles. The summed E-state index contributed by atoms with van der Waals surface area (Å²) in [4.78, 5) is 17.1. The van der Waals surface area contributed by atoms with Gasteiger partial charge < -0.3 is 19.2 Å². The Bertz CT molecular complexity index is 1300. The van der Waals surface area contributed by atoms with Crippen LogP contribution in [0.2, 0.25) is 5.02 Å². The molecule has 3 aromatic heterocycles. The van der Waals surface area contributed by atoms with Crippen molar-refractivity contribution in [3.05, 3.63) is 59.1 Å². The average molecular weight is 467 g/mol. The standard InChI is InChI=1S/C20H14ClF3N4O4/c1-30-15-7-12(16(31-2)6-11(15)21)27-19(29)10-9-25-28-17(20(22,23)24)8-13(26-18(10)28)14-4-3-5-32-14/h3-9H,1-2H3,(H,27,29). The van der Waals surface area contributed by atoms with Crippen LogP contribution in [0, 0.1) is 0 Å². The number of amides is 1. The third-order valence-electron chi connectivity index (χ3n) is 4.50. The van der Waals surface area contributed by atoms with Gasteiger partial charge in [0.2, 0.25) is 0 Å². The molecule has 1 N–H and O–H groups in total. The zero-order valence-electron chi connectivity index (χ0n) is 16.5. The number of fused-ring (bicyclic) bond motifs is 1. The Morgan fingerprint density at radius 1 is 1.19 bits per heavy atom. The van der Waals surface area contributed by atoms with Crippen LogP contribution in [0.25, 0.3) is 17.1 Å². The highest BCUT2D eigenvalue weighted by molar-refractivity contribution is 6.32. The highest BCUT2D eigenvalue weighted by Gasteiger charge is 2.36. The quantitative estimate of drug-likeness (QED) is 0.448. The Morgan fingerprint density at radius 3 is 2.56 bits per heavy atom. The van der Waals surface area contributed by atoms with E-state index in [0.29, 0.717) is 4.52 Å². The second-order valence-electron chi connectivity index (χ2n) is 6.44. The number of methoxy groups -OCH3 is 2. The summed E-state index contributed by atoms with van der Waals surface area (Å²) in [5.74, 6) is -0.171. The molecule has 32 heavy (non-hydrogen) atoms. The molecule has 0 bridgehead atoms. The van der Waals surface area contributed by atoms with Gasteiger partial charge in [0.25, 0.3) is 5.91 Å². The number of furan rings is 1. The monoisotopic (exact) mass is 466 g/mol. The molecular formula is C20H14ClF3N4O4. The largest absolute Gasteiger partial charge is 0.495 e. The van der Waals surface area contributed by atoms with Crippen LogP contribution < -0.4 is 14.8 Å². The van der Waals surface area contributed by atoms with Gasteiger partial charge in [-0.2, -0.15) is 18.3 Å². The van der Waals surface area contributed by atoms with Crippen molar-refractivity contribution < 1.29 is 31.9 Å².